The van der Waals surface area contributed by atoms with Gasteiger partial charge >= 0.3 is 0 Å². The van der Waals surface area contributed by atoms with E-state index < -0.39 is 17.2 Å². The van der Waals surface area contributed by atoms with Gasteiger partial charge in [0.2, 0.25) is 0 Å². The van der Waals surface area contributed by atoms with Gasteiger partial charge in [-0.2, -0.15) is 5.10 Å². The Hall–Kier alpha value is -4.63. The molecule has 9 heteroatoms. The summed E-state index contributed by atoms with van der Waals surface area (Å²) in [5, 5.41) is 16.4. The fraction of sp³-hybridized carbons (Fsp3) is 0.138. The molecule has 5 rings (SSSR count). The Bertz CT molecular complexity index is 1610. The van der Waals surface area contributed by atoms with Crippen molar-refractivity contribution in [2.45, 2.75) is 12.1 Å². The normalized spacial score (nSPS) is 13.2. The number of nitrogens with zero attached hydrogens (tertiary/aromatic N) is 4. The first kappa shape index (κ1) is 25.0. The van der Waals surface area contributed by atoms with Crippen molar-refractivity contribution >= 4 is 22.8 Å². The molecule has 5 aromatic rings. The molecule has 0 aliphatic carbocycles. The van der Waals surface area contributed by atoms with Crippen LogP contribution in [0.4, 0.5) is 8.78 Å². The number of allylic oxidation sites excluding steroid dienone is 1. The first-order valence-corrected chi connectivity index (χ1v) is 11.8. The number of halogens is 2. The number of rotatable bonds is 9. The molecular formula is C29H24F2N4O3. The van der Waals surface area contributed by atoms with E-state index in [1.165, 1.54) is 29.5 Å². The molecule has 1 N–H and O–H groups in total. The summed E-state index contributed by atoms with van der Waals surface area (Å²) in [5.41, 5.74) is 0.457. The number of carbonyl (C=O) groups is 1. The average molecular weight is 515 g/mol. The zero-order valence-electron chi connectivity index (χ0n) is 20.5. The summed E-state index contributed by atoms with van der Waals surface area (Å²) in [6.07, 6.45) is 7.93. The summed E-state index contributed by atoms with van der Waals surface area (Å²) < 4.78 is 37.2. The van der Waals surface area contributed by atoms with Crippen molar-refractivity contribution in [2.75, 3.05) is 6.61 Å². The largest absolute Gasteiger partial charge is 0.490 e. The molecule has 1 atom stereocenters. The van der Waals surface area contributed by atoms with Gasteiger partial charge in [0.05, 0.1) is 6.54 Å². The minimum atomic E-state index is -1.87. The van der Waals surface area contributed by atoms with Gasteiger partial charge in [-0.3, -0.25) is 4.79 Å². The lowest BCUT2D eigenvalue weighted by Gasteiger charge is -2.29. The molecule has 2 heterocycles. The number of para-hydroxylation sites is 1. The van der Waals surface area contributed by atoms with Crippen LogP contribution in [-0.4, -0.2) is 36.8 Å². The van der Waals surface area contributed by atoms with E-state index in [-0.39, 0.29) is 24.5 Å². The predicted molar refractivity (Wildman–Crippen MR) is 138 cm³/mol. The minimum Gasteiger partial charge on any atom is -0.490 e. The van der Waals surface area contributed by atoms with Crippen LogP contribution in [0.1, 0.15) is 21.5 Å². The smallest absolute Gasteiger partial charge is 0.185 e. The molecule has 0 saturated carbocycles. The molecule has 0 aliphatic rings. The summed E-state index contributed by atoms with van der Waals surface area (Å²) in [6, 6.07) is 17.3. The highest BCUT2D eigenvalue weighted by Gasteiger charge is 2.34. The molecule has 0 saturated heterocycles. The fourth-order valence-electron chi connectivity index (χ4n) is 4.34. The van der Waals surface area contributed by atoms with Crippen LogP contribution < -0.4 is 4.74 Å². The standard InChI is InChI=1S/C29H24F2N4O3/c1-34-15-21(24-4-2-3-5-27(24)34)8-13-28(36)20-6-10-23(11-7-20)38-17-29(37,16-35-19-32-18-33-35)25-12-9-22(30)14-26(25)31/h2-15,18-19,37H,16-17H2,1H3/b13-8+. The molecule has 0 aliphatic heterocycles. The second kappa shape index (κ2) is 10.4. The predicted octanol–water partition coefficient (Wildman–Crippen LogP) is 4.91. The highest BCUT2D eigenvalue weighted by atomic mass is 19.1. The van der Waals surface area contributed by atoms with Crippen molar-refractivity contribution in [3.05, 3.63) is 120 Å². The second-order valence-electron chi connectivity index (χ2n) is 8.97. The zero-order chi connectivity index (χ0) is 26.7. The van der Waals surface area contributed by atoms with Crippen LogP contribution in [0.2, 0.25) is 0 Å². The number of aryl methyl sites for hydroxylation is 1. The molecule has 38 heavy (non-hydrogen) atoms. The first-order valence-electron chi connectivity index (χ1n) is 11.8. The number of aromatic nitrogens is 4. The van der Waals surface area contributed by atoms with E-state index in [0.717, 1.165) is 22.5 Å². The van der Waals surface area contributed by atoms with Crippen LogP contribution in [0, 0.1) is 11.6 Å². The van der Waals surface area contributed by atoms with Crippen molar-refractivity contribution < 1.29 is 23.4 Å². The van der Waals surface area contributed by atoms with Crippen LogP contribution >= 0.6 is 0 Å². The molecule has 0 radical (unpaired) electrons. The third kappa shape index (κ3) is 5.23. The molecule has 0 bridgehead atoms. The Kier molecular flexibility index (Phi) is 6.85. The highest BCUT2D eigenvalue weighted by molar-refractivity contribution is 6.07. The number of ether oxygens (including phenoxy) is 1. The van der Waals surface area contributed by atoms with E-state index in [1.54, 1.807) is 30.3 Å². The Morgan fingerprint density at radius 3 is 2.63 bits per heavy atom. The summed E-state index contributed by atoms with van der Waals surface area (Å²) in [6.45, 7) is -0.533. The Labute approximate surface area is 217 Å². The van der Waals surface area contributed by atoms with Gasteiger partial charge in [0, 0.05) is 46.9 Å². The number of fused-ring (bicyclic) bond motifs is 1. The Morgan fingerprint density at radius 1 is 1.11 bits per heavy atom. The van der Waals surface area contributed by atoms with Crippen molar-refractivity contribution in [3.63, 3.8) is 0 Å². The van der Waals surface area contributed by atoms with Gasteiger partial charge in [-0.05, 0) is 48.6 Å². The van der Waals surface area contributed by atoms with Crippen LogP contribution in [0.5, 0.6) is 5.75 Å². The van der Waals surface area contributed by atoms with E-state index in [4.69, 9.17) is 4.74 Å². The lowest BCUT2D eigenvalue weighted by Crippen LogP contribution is -2.39. The number of hydrogen-bond donors (Lipinski definition) is 1. The topological polar surface area (TPSA) is 82.2 Å². The van der Waals surface area contributed by atoms with Crippen LogP contribution in [0.15, 0.2) is 91.7 Å². The molecule has 0 amide bonds. The Morgan fingerprint density at radius 2 is 1.89 bits per heavy atom. The average Bonchev–Trinajstić information content (AvgIpc) is 3.54. The maximum Gasteiger partial charge on any atom is 0.185 e. The van der Waals surface area contributed by atoms with E-state index in [9.17, 15) is 18.7 Å². The lowest BCUT2D eigenvalue weighted by molar-refractivity contribution is -0.0297. The van der Waals surface area contributed by atoms with Gasteiger partial charge in [-0.25, -0.2) is 18.4 Å². The molecular weight excluding hydrogens is 490 g/mol. The highest BCUT2D eigenvalue weighted by Crippen LogP contribution is 2.28. The van der Waals surface area contributed by atoms with E-state index in [2.05, 4.69) is 10.1 Å². The van der Waals surface area contributed by atoms with E-state index >= 15 is 0 Å². The quantitative estimate of drug-likeness (QED) is 0.223. The number of benzene rings is 3. The van der Waals surface area contributed by atoms with Gasteiger partial charge in [0.15, 0.2) is 5.78 Å². The molecule has 7 nitrogen and oxygen atoms in total. The third-order valence-corrected chi connectivity index (χ3v) is 6.28. The molecule has 0 fully saturated rings. The lowest BCUT2D eigenvalue weighted by atomic mass is 9.94. The summed E-state index contributed by atoms with van der Waals surface area (Å²) >= 11 is 0. The van der Waals surface area contributed by atoms with Gasteiger partial charge in [-0.15, -0.1) is 0 Å². The SMILES string of the molecule is Cn1cc(/C=C/C(=O)c2ccc(OCC(O)(Cn3cncn3)c3ccc(F)cc3F)cc2)c2ccccc21. The van der Waals surface area contributed by atoms with Gasteiger partial charge < -0.3 is 14.4 Å². The molecule has 0 spiro atoms. The summed E-state index contributed by atoms with van der Waals surface area (Å²) in [7, 11) is 1.96. The third-order valence-electron chi connectivity index (χ3n) is 6.28. The number of aliphatic hydroxyl groups is 1. The number of ketones is 1. The van der Waals surface area contributed by atoms with Gasteiger partial charge in [0.1, 0.15) is 42.2 Å². The molecule has 3 aromatic carbocycles. The van der Waals surface area contributed by atoms with Crippen molar-refractivity contribution in [1.29, 1.82) is 0 Å². The Balaban J connectivity index is 1.30. The molecule has 192 valence electrons. The van der Waals surface area contributed by atoms with Crippen LogP contribution in [0.25, 0.3) is 17.0 Å². The van der Waals surface area contributed by atoms with Crippen LogP contribution in [-0.2, 0) is 19.2 Å². The molecule has 1 unspecified atom stereocenters. The van der Waals surface area contributed by atoms with Crippen molar-refractivity contribution in [1.82, 2.24) is 19.3 Å². The van der Waals surface area contributed by atoms with E-state index in [0.29, 0.717) is 17.4 Å². The minimum absolute atomic E-state index is 0.139. The van der Waals surface area contributed by atoms with E-state index in [1.807, 2.05) is 42.1 Å². The summed E-state index contributed by atoms with van der Waals surface area (Å²) in [5.74, 6) is -1.49. The molecule has 2 aromatic heterocycles. The number of carbonyl (C=O) groups excluding carboxylic acids is 1. The van der Waals surface area contributed by atoms with Crippen molar-refractivity contribution in [3.8, 4) is 5.75 Å². The summed E-state index contributed by atoms with van der Waals surface area (Å²) in [4.78, 5) is 16.6. The maximum atomic E-state index is 14.6. The maximum absolute atomic E-state index is 14.6. The zero-order valence-corrected chi connectivity index (χ0v) is 20.5. The fourth-order valence-corrected chi connectivity index (χ4v) is 4.34. The van der Waals surface area contributed by atoms with Crippen LogP contribution in [0.3, 0.4) is 0 Å². The van der Waals surface area contributed by atoms with Crippen molar-refractivity contribution in [2.24, 2.45) is 7.05 Å². The number of hydrogen-bond acceptors (Lipinski definition) is 5. The van der Waals surface area contributed by atoms with Gasteiger partial charge in [0.25, 0.3) is 0 Å². The first-order chi connectivity index (χ1) is 18.3. The van der Waals surface area contributed by atoms with Gasteiger partial charge in [-0.1, -0.05) is 24.3 Å². The monoisotopic (exact) mass is 514 g/mol. The second-order valence-corrected chi connectivity index (χ2v) is 8.97.